The van der Waals surface area contributed by atoms with Crippen molar-refractivity contribution in [2.24, 2.45) is 10.1 Å². The van der Waals surface area contributed by atoms with Crippen LogP contribution in [-0.4, -0.2) is 81.4 Å². The van der Waals surface area contributed by atoms with Gasteiger partial charge in [-0.05, 0) is 63.4 Å². The molecule has 1 aromatic heterocycles. The molecule has 1 aliphatic heterocycles. The van der Waals surface area contributed by atoms with Gasteiger partial charge in [0.1, 0.15) is 11.4 Å². The lowest BCUT2D eigenvalue weighted by atomic mass is 9.83. The average molecular weight is 604 g/mol. The Morgan fingerprint density at radius 3 is 2.41 bits per heavy atom. The summed E-state index contributed by atoms with van der Waals surface area (Å²) in [6, 6.07) is 11.2. The fraction of sp³-hybridized carbons (Fsp3) is 0.515. The molecule has 11 nitrogen and oxygen atoms in total. The van der Waals surface area contributed by atoms with E-state index in [4.69, 9.17) is 14.6 Å². The molecule has 0 spiro atoms. The van der Waals surface area contributed by atoms with Crippen LogP contribution in [0.3, 0.4) is 0 Å². The van der Waals surface area contributed by atoms with Crippen molar-refractivity contribution < 1.29 is 9.47 Å². The summed E-state index contributed by atoms with van der Waals surface area (Å²) in [7, 11) is 3.34. The summed E-state index contributed by atoms with van der Waals surface area (Å²) >= 11 is 0. The zero-order chi connectivity index (χ0) is 31.2. The summed E-state index contributed by atoms with van der Waals surface area (Å²) in [6.07, 6.45) is 3.59. The van der Waals surface area contributed by atoms with Gasteiger partial charge in [-0.2, -0.15) is 0 Å². The summed E-state index contributed by atoms with van der Waals surface area (Å²) in [5, 5.41) is 14.4. The number of ether oxygens (including phenoxy) is 2. The quantitative estimate of drug-likeness (QED) is 0.173. The first-order valence-corrected chi connectivity index (χ1v) is 15.5. The van der Waals surface area contributed by atoms with Crippen molar-refractivity contribution in [3.05, 3.63) is 67.7 Å². The maximum absolute atomic E-state index is 12.1. The van der Waals surface area contributed by atoms with Crippen LogP contribution in [0.4, 0.5) is 11.4 Å². The molecular formula is C33H45N7O4. The lowest BCUT2D eigenvalue weighted by Crippen LogP contribution is -2.40. The Morgan fingerprint density at radius 2 is 1.77 bits per heavy atom. The van der Waals surface area contributed by atoms with E-state index in [-0.39, 0.29) is 18.0 Å². The first kappa shape index (κ1) is 31.6. The predicted octanol–water partition coefficient (Wildman–Crippen LogP) is 3.52. The number of hydrogen-bond acceptors (Lipinski definition) is 8. The SMILES string of the molecule is C=N/C(=N\n1c(C)c(-c2ccc(CN3CCOCC3)cc2)cc1[C@H]1CC[C@H](Nc2c(NC)c(=O)c2=O)CC1)N[C@@H](C)COC. The Labute approximate surface area is 259 Å². The van der Waals surface area contributed by atoms with Crippen LogP contribution in [0.5, 0.6) is 0 Å². The highest BCUT2D eigenvalue weighted by atomic mass is 16.5. The number of aliphatic imine (C=N–C) groups is 1. The lowest BCUT2D eigenvalue weighted by Gasteiger charge is -2.30. The maximum atomic E-state index is 12.1. The minimum Gasteiger partial charge on any atom is -0.383 e. The van der Waals surface area contributed by atoms with Crippen LogP contribution in [0.1, 0.15) is 55.5 Å². The number of aromatic nitrogens is 1. The first-order valence-electron chi connectivity index (χ1n) is 15.5. The van der Waals surface area contributed by atoms with Crippen LogP contribution < -0.4 is 26.8 Å². The normalized spacial score (nSPS) is 20.4. The van der Waals surface area contributed by atoms with Crippen LogP contribution in [0.15, 0.2) is 50.0 Å². The minimum atomic E-state index is -0.448. The highest BCUT2D eigenvalue weighted by Gasteiger charge is 2.29. The zero-order valence-corrected chi connectivity index (χ0v) is 26.3. The smallest absolute Gasteiger partial charge is 0.253 e. The Hall–Kier alpha value is -3.80. The lowest BCUT2D eigenvalue weighted by molar-refractivity contribution is 0.0342. The topological polar surface area (TPSA) is 122 Å². The Kier molecular flexibility index (Phi) is 10.3. The van der Waals surface area contributed by atoms with E-state index in [0.717, 1.165) is 81.0 Å². The predicted molar refractivity (Wildman–Crippen MR) is 177 cm³/mol. The number of morpholine rings is 1. The van der Waals surface area contributed by atoms with Crippen molar-refractivity contribution >= 4 is 24.1 Å². The molecule has 0 amide bonds. The Morgan fingerprint density at radius 1 is 1.09 bits per heavy atom. The molecular weight excluding hydrogens is 558 g/mol. The van der Waals surface area contributed by atoms with Crippen molar-refractivity contribution in [2.75, 3.05) is 57.7 Å². The van der Waals surface area contributed by atoms with Crippen LogP contribution in [0, 0.1) is 6.92 Å². The molecule has 11 heteroatoms. The largest absolute Gasteiger partial charge is 0.383 e. The van der Waals surface area contributed by atoms with E-state index in [9.17, 15) is 9.59 Å². The van der Waals surface area contributed by atoms with Crippen molar-refractivity contribution in [1.29, 1.82) is 0 Å². The molecule has 0 unspecified atom stereocenters. The second-order valence-electron chi connectivity index (χ2n) is 11.9. The van der Waals surface area contributed by atoms with Crippen molar-refractivity contribution in [1.82, 2.24) is 14.9 Å². The van der Waals surface area contributed by atoms with Crippen LogP contribution >= 0.6 is 0 Å². The van der Waals surface area contributed by atoms with E-state index in [2.05, 4.69) is 69.8 Å². The van der Waals surface area contributed by atoms with Gasteiger partial charge in [0.15, 0.2) is 0 Å². The molecule has 44 heavy (non-hydrogen) atoms. The molecule has 236 valence electrons. The molecule has 1 aliphatic carbocycles. The summed E-state index contributed by atoms with van der Waals surface area (Å²) < 4.78 is 12.8. The average Bonchev–Trinajstić information content (AvgIpc) is 3.36. The summed E-state index contributed by atoms with van der Waals surface area (Å²) in [5.41, 5.74) is 5.65. The number of rotatable bonds is 11. The minimum absolute atomic E-state index is 0.0152. The zero-order valence-electron chi connectivity index (χ0n) is 26.3. The molecule has 0 bridgehead atoms. The molecule has 2 aromatic carbocycles. The number of benzene rings is 1. The monoisotopic (exact) mass is 603 g/mol. The van der Waals surface area contributed by atoms with Crippen molar-refractivity contribution in [3.8, 4) is 11.1 Å². The second kappa shape index (κ2) is 14.3. The molecule has 3 N–H and O–H groups in total. The van der Waals surface area contributed by atoms with Gasteiger partial charge in [0, 0.05) is 68.7 Å². The molecule has 0 radical (unpaired) electrons. The summed E-state index contributed by atoms with van der Waals surface area (Å²) in [5.74, 6) is 0.709. The van der Waals surface area contributed by atoms with E-state index < -0.39 is 10.9 Å². The fourth-order valence-electron chi connectivity index (χ4n) is 6.36. The van der Waals surface area contributed by atoms with Crippen LogP contribution in [0.2, 0.25) is 0 Å². The molecule has 3 aromatic rings. The highest BCUT2D eigenvalue weighted by molar-refractivity contribution is 5.84. The molecule has 5 rings (SSSR count). The van der Waals surface area contributed by atoms with Gasteiger partial charge in [-0.25, -0.2) is 9.67 Å². The number of nitrogens with zero attached hydrogens (tertiary/aromatic N) is 4. The van der Waals surface area contributed by atoms with Gasteiger partial charge in [-0.1, -0.05) is 24.3 Å². The van der Waals surface area contributed by atoms with E-state index in [1.54, 1.807) is 14.2 Å². The van der Waals surface area contributed by atoms with Gasteiger partial charge in [-0.15, -0.1) is 5.10 Å². The van der Waals surface area contributed by atoms with Crippen molar-refractivity contribution in [2.45, 2.75) is 64.1 Å². The van der Waals surface area contributed by atoms with Gasteiger partial charge < -0.3 is 25.4 Å². The van der Waals surface area contributed by atoms with E-state index in [1.807, 2.05) is 11.6 Å². The third kappa shape index (κ3) is 6.95. The first-order chi connectivity index (χ1) is 21.3. The number of methoxy groups -OCH3 is 1. The van der Waals surface area contributed by atoms with Gasteiger partial charge in [0.2, 0.25) is 5.96 Å². The van der Waals surface area contributed by atoms with Gasteiger partial charge in [0.05, 0.1) is 19.8 Å². The third-order valence-electron chi connectivity index (χ3n) is 8.81. The fourth-order valence-corrected chi connectivity index (χ4v) is 6.36. The second-order valence-corrected chi connectivity index (χ2v) is 11.9. The number of nitrogens with one attached hydrogen (secondary N) is 3. The molecule has 1 saturated heterocycles. The van der Waals surface area contributed by atoms with E-state index in [0.29, 0.717) is 23.9 Å². The Balaban J connectivity index is 1.39. The standard InChI is InChI=1S/C33H45N7O4/c1-21(20-43-5)36-33(35-4)38-40-22(2)27(24-8-6-23(7-9-24)19-39-14-16-44-17-15-39)18-28(40)25-10-12-26(13-11-25)37-30-29(34-3)31(41)32(30)42/h6-9,18,21,25-26,34,37H,4,10-17,19-20H2,1-3,5H3,(H,36,38)/t21-,25-,26-/m0/s1. The van der Waals surface area contributed by atoms with Gasteiger partial charge in [-0.3, -0.25) is 14.5 Å². The number of anilines is 2. The van der Waals surface area contributed by atoms with Gasteiger partial charge >= 0.3 is 0 Å². The molecule has 2 aliphatic rings. The third-order valence-corrected chi connectivity index (χ3v) is 8.81. The number of guanidine groups is 1. The molecule has 2 heterocycles. The summed E-state index contributed by atoms with van der Waals surface area (Å²) in [6.45, 7) is 12.8. The molecule has 1 atom stereocenters. The van der Waals surface area contributed by atoms with E-state index in [1.165, 1.54) is 5.56 Å². The van der Waals surface area contributed by atoms with Crippen LogP contribution in [0.25, 0.3) is 11.1 Å². The number of hydrogen-bond donors (Lipinski definition) is 3. The highest BCUT2D eigenvalue weighted by Crippen LogP contribution is 2.39. The Bertz CT molecular complexity index is 1520. The van der Waals surface area contributed by atoms with E-state index >= 15 is 0 Å². The van der Waals surface area contributed by atoms with Crippen LogP contribution in [-0.2, 0) is 16.0 Å². The van der Waals surface area contributed by atoms with Gasteiger partial charge in [0.25, 0.3) is 10.9 Å². The maximum Gasteiger partial charge on any atom is 0.253 e. The summed E-state index contributed by atoms with van der Waals surface area (Å²) in [4.78, 5) is 30.6. The van der Waals surface area contributed by atoms with Crippen molar-refractivity contribution in [3.63, 3.8) is 0 Å². The molecule has 2 fully saturated rings. The molecule has 1 saturated carbocycles.